The van der Waals surface area contributed by atoms with Gasteiger partial charge in [-0.1, -0.05) is 36.9 Å². The van der Waals surface area contributed by atoms with E-state index in [1.54, 1.807) is 0 Å². The van der Waals surface area contributed by atoms with E-state index in [2.05, 4.69) is 17.6 Å². The van der Waals surface area contributed by atoms with Gasteiger partial charge in [-0.2, -0.15) is 0 Å². The average Bonchev–Trinajstić information content (AvgIpc) is 2.78. The summed E-state index contributed by atoms with van der Waals surface area (Å²) in [4.78, 5) is 3.04. The molecule has 2 nitrogen and oxygen atoms in total. The molecule has 0 radical (unpaired) electrons. The Bertz CT molecular complexity index is 910. The second kappa shape index (κ2) is 6.08. The fraction of sp³-hybridized carbons (Fsp3) is 0. The first-order valence-electron chi connectivity index (χ1n) is 6.43. The van der Waals surface area contributed by atoms with Crippen LogP contribution in [-0.4, -0.2) is 4.98 Å². The number of aromatic amines is 1. The molecule has 2 aromatic carbocycles. The van der Waals surface area contributed by atoms with Gasteiger partial charge in [-0.25, -0.2) is 0 Å². The molecule has 0 unspecified atom stereocenters. The number of benzene rings is 2. The van der Waals surface area contributed by atoms with E-state index in [1.165, 1.54) is 11.3 Å². The van der Waals surface area contributed by atoms with Crippen LogP contribution >= 0.6 is 23.6 Å². The van der Waals surface area contributed by atoms with Gasteiger partial charge in [-0.15, -0.1) is 11.3 Å². The van der Waals surface area contributed by atoms with Gasteiger partial charge in [0.05, 0.1) is 4.53 Å². The minimum absolute atomic E-state index is 0.739. The SMILES string of the molecule is C=c1[nH]c(=S)s/c1=C\c1cccc(Oc2ccccc2)c1. The lowest BCUT2D eigenvalue weighted by atomic mass is 10.2. The van der Waals surface area contributed by atoms with Crippen LogP contribution in [0.2, 0.25) is 0 Å². The Balaban J connectivity index is 1.94. The Morgan fingerprint density at radius 1 is 1.05 bits per heavy atom. The molecule has 21 heavy (non-hydrogen) atoms. The third-order valence-electron chi connectivity index (χ3n) is 2.89. The molecule has 0 saturated carbocycles. The molecule has 0 bridgehead atoms. The molecule has 0 amide bonds. The molecule has 0 spiro atoms. The van der Waals surface area contributed by atoms with E-state index >= 15 is 0 Å². The standard InChI is InChI=1S/C17H13NOS2/c1-12-16(21-17(20)18-12)11-13-6-5-9-15(10-13)19-14-7-3-2-4-8-14/h2-11H,1H2,(H,18,20)/b16-11-. The van der Waals surface area contributed by atoms with E-state index in [1.807, 2.05) is 54.6 Å². The van der Waals surface area contributed by atoms with Gasteiger partial charge < -0.3 is 9.72 Å². The number of hydrogen-bond donors (Lipinski definition) is 1. The second-order valence-corrected chi connectivity index (χ2v) is 6.21. The Morgan fingerprint density at radius 2 is 1.81 bits per heavy atom. The van der Waals surface area contributed by atoms with E-state index in [-0.39, 0.29) is 0 Å². The second-order valence-electron chi connectivity index (χ2n) is 4.49. The monoisotopic (exact) mass is 311 g/mol. The highest BCUT2D eigenvalue weighted by Gasteiger charge is 1.98. The molecule has 4 heteroatoms. The molecule has 0 aliphatic carbocycles. The fourth-order valence-electron chi connectivity index (χ4n) is 1.93. The average molecular weight is 311 g/mol. The van der Waals surface area contributed by atoms with E-state index < -0.39 is 0 Å². The highest BCUT2D eigenvalue weighted by molar-refractivity contribution is 7.73. The number of H-pyrrole nitrogens is 1. The van der Waals surface area contributed by atoms with Gasteiger partial charge in [0.2, 0.25) is 0 Å². The highest BCUT2D eigenvalue weighted by Crippen LogP contribution is 2.21. The molecular weight excluding hydrogens is 298 g/mol. The number of rotatable bonds is 3. The molecule has 0 fully saturated rings. The molecule has 1 heterocycles. The summed E-state index contributed by atoms with van der Waals surface area (Å²) in [5.41, 5.74) is 1.05. The van der Waals surface area contributed by atoms with Crippen LogP contribution in [-0.2, 0) is 0 Å². The number of para-hydroxylation sites is 1. The Hall–Kier alpha value is -2.17. The number of nitrogens with one attached hydrogen (secondary N) is 1. The smallest absolute Gasteiger partial charge is 0.159 e. The zero-order valence-corrected chi connectivity index (χ0v) is 12.8. The summed E-state index contributed by atoms with van der Waals surface area (Å²) in [6.45, 7) is 3.95. The van der Waals surface area contributed by atoms with Crippen LogP contribution < -0.4 is 14.6 Å². The Kier molecular flexibility index (Phi) is 3.99. The molecule has 0 aliphatic heterocycles. The van der Waals surface area contributed by atoms with Gasteiger partial charge in [0.25, 0.3) is 0 Å². The highest BCUT2D eigenvalue weighted by atomic mass is 32.1. The zero-order valence-electron chi connectivity index (χ0n) is 11.2. The van der Waals surface area contributed by atoms with Crippen molar-refractivity contribution < 1.29 is 4.74 Å². The first-order valence-corrected chi connectivity index (χ1v) is 7.66. The van der Waals surface area contributed by atoms with Crippen molar-refractivity contribution in [2.24, 2.45) is 0 Å². The van der Waals surface area contributed by atoms with Crippen molar-refractivity contribution in [1.29, 1.82) is 0 Å². The number of aromatic nitrogens is 1. The van der Waals surface area contributed by atoms with E-state index in [0.717, 1.165) is 30.9 Å². The summed E-state index contributed by atoms with van der Waals surface area (Å²) in [6, 6.07) is 17.7. The van der Waals surface area contributed by atoms with Crippen LogP contribution in [0.3, 0.4) is 0 Å². The Morgan fingerprint density at radius 3 is 2.52 bits per heavy atom. The van der Waals surface area contributed by atoms with Crippen molar-refractivity contribution in [2.45, 2.75) is 0 Å². The molecule has 1 aromatic heterocycles. The van der Waals surface area contributed by atoms with Gasteiger partial charge in [0, 0.05) is 5.35 Å². The Labute approximate surface area is 131 Å². The number of ether oxygens (including phenoxy) is 1. The van der Waals surface area contributed by atoms with Crippen LogP contribution in [0.5, 0.6) is 11.5 Å². The van der Waals surface area contributed by atoms with Crippen molar-refractivity contribution in [2.75, 3.05) is 0 Å². The summed E-state index contributed by atoms with van der Waals surface area (Å²) in [5.74, 6) is 1.63. The quantitative estimate of drug-likeness (QED) is 0.744. The van der Waals surface area contributed by atoms with Crippen LogP contribution in [0.1, 0.15) is 5.56 Å². The van der Waals surface area contributed by atoms with Crippen molar-refractivity contribution >= 4 is 36.2 Å². The molecule has 0 atom stereocenters. The van der Waals surface area contributed by atoms with E-state index in [9.17, 15) is 0 Å². The van der Waals surface area contributed by atoms with Gasteiger partial charge in [0.15, 0.2) is 3.95 Å². The fourth-order valence-corrected chi connectivity index (χ4v) is 3.07. The molecule has 0 aliphatic rings. The third kappa shape index (κ3) is 3.48. The molecule has 1 N–H and O–H groups in total. The zero-order chi connectivity index (χ0) is 14.7. The summed E-state index contributed by atoms with van der Waals surface area (Å²) < 4.78 is 7.61. The molecule has 3 rings (SSSR count). The third-order valence-corrected chi connectivity index (χ3v) is 4.11. The maximum atomic E-state index is 5.83. The normalized spacial score (nSPS) is 11.5. The van der Waals surface area contributed by atoms with E-state index in [0.29, 0.717) is 0 Å². The maximum Gasteiger partial charge on any atom is 0.159 e. The van der Waals surface area contributed by atoms with Gasteiger partial charge >= 0.3 is 0 Å². The van der Waals surface area contributed by atoms with Crippen LogP contribution in [0.15, 0.2) is 54.6 Å². The summed E-state index contributed by atoms with van der Waals surface area (Å²) in [6.07, 6.45) is 2.05. The van der Waals surface area contributed by atoms with Gasteiger partial charge in [0.1, 0.15) is 11.5 Å². The van der Waals surface area contributed by atoms with Crippen molar-refractivity contribution in [3.05, 3.63) is 74.0 Å². The first kappa shape index (κ1) is 13.8. The lowest BCUT2D eigenvalue weighted by Gasteiger charge is -2.05. The first-order chi connectivity index (χ1) is 10.2. The number of hydrogen-bond acceptors (Lipinski definition) is 3. The minimum Gasteiger partial charge on any atom is -0.457 e. The lowest BCUT2D eigenvalue weighted by Crippen LogP contribution is -2.18. The predicted molar refractivity (Wildman–Crippen MR) is 90.8 cm³/mol. The maximum absolute atomic E-state index is 5.83. The number of thiazole rings is 1. The molecule has 0 saturated heterocycles. The van der Waals surface area contributed by atoms with Gasteiger partial charge in [-0.05, 0) is 48.1 Å². The van der Waals surface area contributed by atoms with Crippen molar-refractivity contribution in [3.63, 3.8) is 0 Å². The predicted octanol–water partition coefficient (Wildman–Crippen LogP) is 3.84. The van der Waals surface area contributed by atoms with Crippen LogP contribution in [0.4, 0.5) is 0 Å². The van der Waals surface area contributed by atoms with Crippen LogP contribution in [0, 0.1) is 3.95 Å². The molecule has 3 aromatic rings. The minimum atomic E-state index is 0.739. The van der Waals surface area contributed by atoms with Crippen molar-refractivity contribution in [3.8, 4) is 11.5 Å². The summed E-state index contributed by atoms with van der Waals surface area (Å²) >= 11 is 6.65. The van der Waals surface area contributed by atoms with Gasteiger partial charge in [-0.3, -0.25) is 0 Å². The lowest BCUT2D eigenvalue weighted by molar-refractivity contribution is 0.482. The van der Waals surface area contributed by atoms with Crippen LogP contribution in [0.25, 0.3) is 12.7 Å². The van der Waals surface area contributed by atoms with E-state index in [4.69, 9.17) is 17.0 Å². The topological polar surface area (TPSA) is 25.0 Å². The van der Waals surface area contributed by atoms with Crippen molar-refractivity contribution in [1.82, 2.24) is 4.98 Å². The largest absolute Gasteiger partial charge is 0.457 e. The molecule has 104 valence electrons. The summed E-state index contributed by atoms with van der Waals surface area (Å²) in [7, 11) is 0. The molecular formula is C17H13NOS2. The summed E-state index contributed by atoms with van der Waals surface area (Å²) in [5, 5.41) is 0.847.